The second-order valence-corrected chi connectivity index (χ2v) is 11.2. The lowest BCUT2D eigenvalue weighted by atomic mass is 9.80. The van der Waals surface area contributed by atoms with Crippen LogP contribution in [0.5, 0.6) is 0 Å². The number of ketones is 2. The zero-order valence-corrected chi connectivity index (χ0v) is 24.6. The van der Waals surface area contributed by atoms with E-state index in [1.54, 1.807) is 0 Å². The van der Waals surface area contributed by atoms with E-state index in [0.717, 1.165) is 50.1 Å². The summed E-state index contributed by atoms with van der Waals surface area (Å²) in [6.45, 7) is 8.22. The lowest BCUT2D eigenvalue weighted by Gasteiger charge is -2.24. The summed E-state index contributed by atoms with van der Waals surface area (Å²) in [5.74, 6) is -0.229. The number of hydrogen-bond acceptors (Lipinski definition) is 2. The molecule has 0 spiro atoms. The van der Waals surface area contributed by atoms with Gasteiger partial charge in [0.15, 0.2) is 11.6 Å². The van der Waals surface area contributed by atoms with Gasteiger partial charge in [-0.15, -0.1) is 0 Å². The number of halogens is 1. The summed E-state index contributed by atoms with van der Waals surface area (Å²) in [7, 11) is 0. The summed E-state index contributed by atoms with van der Waals surface area (Å²) >= 11 is 0. The molecule has 5 aromatic carbocycles. The van der Waals surface area contributed by atoms with Crippen LogP contribution in [0, 0.1) is 33.5 Å². The van der Waals surface area contributed by atoms with E-state index in [-0.39, 0.29) is 23.3 Å². The minimum absolute atomic E-state index is 0.0940. The molecule has 0 saturated heterocycles. The van der Waals surface area contributed by atoms with Crippen LogP contribution in [0.25, 0.3) is 0 Å². The standard InChI is InChI=1S/C39H35FO2/c1-25-19-32(20-26(2)35(25)23-37(41)29-11-7-5-8-12-29)39(31-15-17-34(40)18-16-31)33-21-27(3)36(28(4)22-33)24-38(42)30-13-9-6-10-14-30/h5-22,39H,23-24H2,1-4H3. The maximum absolute atomic E-state index is 14.0. The van der Waals surface area contributed by atoms with Crippen LogP contribution >= 0.6 is 0 Å². The quantitative estimate of drug-likeness (QED) is 0.135. The van der Waals surface area contributed by atoms with Crippen molar-refractivity contribution in [1.82, 2.24) is 0 Å². The van der Waals surface area contributed by atoms with Gasteiger partial charge in [-0.05, 0) is 89.9 Å². The molecular weight excluding hydrogens is 519 g/mol. The fraction of sp³-hybridized carbons (Fsp3) is 0.179. The molecule has 0 atom stereocenters. The van der Waals surface area contributed by atoms with Gasteiger partial charge in [-0.3, -0.25) is 9.59 Å². The number of carbonyl (C=O) groups is 2. The van der Waals surface area contributed by atoms with Gasteiger partial charge in [-0.25, -0.2) is 4.39 Å². The van der Waals surface area contributed by atoms with E-state index in [9.17, 15) is 14.0 Å². The van der Waals surface area contributed by atoms with Crippen LogP contribution in [0.3, 0.4) is 0 Å². The smallest absolute Gasteiger partial charge is 0.167 e. The molecule has 5 aromatic rings. The molecule has 0 aliphatic carbocycles. The van der Waals surface area contributed by atoms with Gasteiger partial charge in [0, 0.05) is 29.9 Å². The third-order valence-electron chi connectivity index (χ3n) is 8.17. The summed E-state index contributed by atoms with van der Waals surface area (Å²) in [4.78, 5) is 26.1. The molecule has 42 heavy (non-hydrogen) atoms. The lowest BCUT2D eigenvalue weighted by molar-refractivity contribution is 0.0984. The number of hydrogen-bond donors (Lipinski definition) is 0. The molecule has 210 valence electrons. The van der Waals surface area contributed by atoms with Gasteiger partial charge in [-0.2, -0.15) is 0 Å². The first-order valence-corrected chi connectivity index (χ1v) is 14.3. The van der Waals surface area contributed by atoms with Gasteiger partial charge in [-0.1, -0.05) is 97.1 Å². The minimum Gasteiger partial charge on any atom is -0.294 e. The highest BCUT2D eigenvalue weighted by Crippen LogP contribution is 2.36. The zero-order chi connectivity index (χ0) is 29.8. The molecule has 0 radical (unpaired) electrons. The van der Waals surface area contributed by atoms with Crippen molar-refractivity contribution in [3.05, 3.63) is 176 Å². The summed E-state index contributed by atoms with van der Waals surface area (Å²) < 4.78 is 14.0. The highest BCUT2D eigenvalue weighted by Gasteiger charge is 2.22. The molecule has 0 aliphatic rings. The number of aryl methyl sites for hydroxylation is 4. The number of rotatable bonds is 9. The van der Waals surface area contributed by atoms with Crippen molar-refractivity contribution in [3.8, 4) is 0 Å². The monoisotopic (exact) mass is 554 g/mol. The van der Waals surface area contributed by atoms with Gasteiger partial charge in [0.05, 0.1) is 0 Å². The van der Waals surface area contributed by atoms with Crippen molar-refractivity contribution in [2.45, 2.75) is 46.5 Å². The van der Waals surface area contributed by atoms with Gasteiger partial charge < -0.3 is 0 Å². The SMILES string of the molecule is Cc1cc(C(c2ccc(F)cc2)c2cc(C)c(CC(=O)c3ccccc3)c(C)c2)cc(C)c1CC(=O)c1ccccc1. The molecule has 0 unspecified atom stereocenters. The second kappa shape index (κ2) is 12.5. The van der Waals surface area contributed by atoms with E-state index in [4.69, 9.17) is 0 Å². The van der Waals surface area contributed by atoms with Crippen LogP contribution in [0.4, 0.5) is 4.39 Å². The van der Waals surface area contributed by atoms with Crippen LogP contribution in [0.15, 0.2) is 109 Å². The molecule has 0 bridgehead atoms. The first-order valence-electron chi connectivity index (χ1n) is 14.3. The Bertz CT molecular complexity index is 1580. The van der Waals surface area contributed by atoms with Crippen LogP contribution in [-0.2, 0) is 12.8 Å². The second-order valence-electron chi connectivity index (χ2n) is 11.2. The average Bonchev–Trinajstić information content (AvgIpc) is 2.98. The summed E-state index contributed by atoms with van der Waals surface area (Å²) in [6, 6.07) is 34.1. The van der Waals surface area contributed by atoms with Crippen molar-refractivity contribution in [2.24, 2.45) is 0 Å². The topological polar surface area (TPSA) is 34.1 Å². The van der Waals surface area contributed by atoms with E-state index >= 15 is 0 Å². The molecule has 0 N–H and O–H groups in total. The van der Waals surface area contributed by atoms with Crippen LogP contribution in [-0.4, -0.2) is 11.6 Å². The summed E-state index contributed by atoms with van der Waals surface area (Å²) in [6.07, 6.45) is 0.678. The van der Waals surface area contributed by atoms with Crippen molar-refractivity contribution in [2.75, 3.05) is 0 Å². The van der Waals surface area contributed by atoms with E-state index < -0.39 is 0 Å². The Hall–Kier alpha value is -4.63. The van der Waals surface area contributed by atoms with Crippen molar-refractivity contribution < 1.29 is 14.0 Å². The maximum Gasteiger partial charge on any atom is 0.167 e. The first-order chi connectivity index (χ1) is 20.2. The average molecular weight is 555 g/mol. The molecule has 0 aliphatic heterocycles. The largest absolute Gasteiger partial charge is 0.294 e. The number of benzene rings is 5. The van der Waals surface area contributed by atoms with Crippen LogP contribution in [0.1, 0.15) is 76.7 Å². The first kappa shape index (κ1) is 28.9. The van der Waals surface area contributed by atoms with E-state index in [2.05, 4.69) is 52.0 Å². The third kappa shape index (κ3) is 6.31. The van der Waals surface area contributed by atoms with Crippen LogP contribution < -0.4 is 0 Å². The number of carbonyl (C=O) groups excluding carboxylic acids is 2. The fourth-order valence-electron chi connectivity index (χ4n) is 5.95. The maximum atomic E-state index is 14.0. The molecule has 0 amide bonds. The third-order valence-corrected chi connectivity index (χ3v) is 8.17. The summed E-state index contributed by atoms with van der Waals surface area (Å²) in [5, 5.41) is 0. The van der Waals surface area contributed by atoms with Crippen molar-refractivity contribution >= 4 is 11.6 Å². The van der Waals surface area contributed by atoms with Crippen molar-refractivity contribution in [1.29, 1.82) is 0 Å². The van der Waals surface area contributed by atoms with Crippen molar-refractivity contribution in [3.63, 3.8) is 0 Å². The molecule has 0 heterocycles. The van der Waals surface area contributed by atoms with Gasteiger partial charge in [0.2, 0.25) is 0 Å². The molecule has 2 nitrogen and oxygen atoms in total. The molecule has 0 fully saturated rings. The molecule has 0 saturated carbocycles. The van der Waals surface area contributed by atoms with E-state index in [1.165, 1.54) is 12.1 Å². The molecular formula is C39H35FO2. The van der Waals surface area contributed by atoms with E-state index in [1.807, 2.05) is 72.8 Å². The lowest BCUT2D eigenvalue weighted by Crippen LogP contribution is -2.11. The van der Waals surface area contributed by atoms with Gasteiger partial charge in [0.25, 0.3) is 0 Å². The Kier molecular flexibility index (Phi) is 8.59. The molecule has 3 heteroatoms. The van der Waals surface area contributed by atoms with Gasteiger partial charge >= 0.3 is 0 Å². The Morgan fingerprint density at radius 3 is 1.24 bits per heavy atom. The fourth-order valence-corrected chi connectivity index (χ4v) is 5.95. The molecule has 0 aromatic heterocycles. The zero-order valence-electron chi connectivity index (χ0n) is 24.6. The predicted octanol–water partition coefficient (Wildman–Crippen LogP) is 9.09. The summed E-state index contributed by atoms with van der Waals surface area (Å²) in [5.41, 5.74) is 10.9. The highest BCUT2D eigenvalue weighted by molar-refractivity contribution is 5.98. The minimum atomic E-state index is -0.276. The highest BCUT2D eigenvalue weighted by atomic mass is 19.1. The van der Waals surface area contributed by atoms with Gasteiger partial charge in [0.1, 0.15) is 5.82 Å². The van der Waals surface area contributed by atoms with Crippen LogP contribution in [0.2, 0.25) is 0 Å². The Balaban J connectivity index is 1.53. The Labute approximate surface area is 247 Å². The predicted molar refractivity (Wildman–Crippen MR) is 168 cm³/mol. The Morgan fingerprint density at radius 1 is 0.524 bits per heavy atom. The normalized spacial score (nSPS) is 11.1. The van der Waals surface area contributed by atoms with E-state index in [0.29, 0.717) is 24.0 Å². The Morgan fingerprint density at radius 2 is 0.881 bits per heavy atom. The molecule has 5 rings (SSSR count). The number of Topliss-reactive ketones (excluding diaryl/α,β-unsaturated/α-hetero) is 2.